The maximum Gasteiger partial charge on any atom is 0.303 e. The highest BCUT2D eigenvalue weighted by molar-refractivity contribution is 5.87. The number of ether oxygens (including phenoxy) is 4. The predicted octanol–water partition coefficient (Wildman–Crippen LogP) is 2.60. The molecule has 0 radical (unpaired) electrons. The van der Waals surface area contributed by atoms with Gasteiger partial charge in [0.2, 0.25) is 5.91 Å². The lowest BCUT2D eigenvalue weighted by atomic mass is 9.88. The normalized spacial score (nSPS) is 37.2. The fraction of sp³-hybridized carbons (Fsp3) is 0.692. The lowest BCUT2D eigenvalue weighted by molar-refractivity contribution is -0.143. The largest absolute Gasteiger partial charge is 0.459 e. The van der Waals surface area contributed by atoms with Gasteiger partial charge in [0.1, 0.15) is 23.9 Å². The van der Waals surface area contributed by atoms with Gasteiger partial charge in [-0.3, -0.25) is 9.59 Å². The Kier molecular flexibility index (Phi) is 9.09. The smallest absolute Gasteiger partial charge is 0.303 e. The first kappa shape index (κ1) is 26.6. The Labute approximate surface area is 202 Å². The van der Waals surface area contributed by atoms with Crippen LogP contribution >= 0.6 is 0 Å². The van der Waals surface area contributed by atoms with E-state index in [4.69, 9.17) is 18.9 Å². The molecule has 3 heterocycles. The van der Waals surface area contributed by atoms with Crippen molar-refractivity contribution in [2.75, 3.05) is 13.2 Å². The molecule has 8 heteroatoms. The number of nitrogens with one attached hydrogen (secondary N) is 1. The summed E-state index contributed by atoms with van der Waals surface area (Å²) in [5.41, 5.74) is 0.687. The Morgan fingerprint density at radius 3 is 2.68 bits per heavy atom. The van der Waals surface area contributed by atoms with Crippen LogP contribution in [0.2, 0.25) is 0 Å². The third-order valence-electron chi connectivity index (χ3n) is 6.84. The van der Waals surface area contributed by atoms with Crippen LogP contribution in [0.15, 0.2) is 36.0 Å². The molecule has 3 rings (SSSR count). The molecule has 0 bridgehead atoms. The number of epoxide rings is 1. The molecule has 0 saturated carbocycles. The predicted molar refractivity (Wildman–Crippen MR) is 127 cm³/mol. The number of carbonyl (C=O) groups excluding carboxylic acids is 2. The number of amides is 1. The third-order valence-corrected chi connectivity index (χ3v) is 6.84. The van der Waals surface area contributed by atoms with Gasteiger partial charge in [0.05, 0.1) is 31.5 Å². The number of hydrogen-bond donors (Lipinski definition) is 2. The molecule has 190 valence electrons. The van der Waals surface area contributed by atoms with Crippen molar-refractivity contribution in [3.63, 3.8) is 0 Å². The molecule has 1 spiro atoms. The molecule has 3 aliphatic heterocycles. The number of allylic oxidation sites excluding steroid dienone is 2. The van der Waals surface area contributed by atoms with Crippen LogP contribution in [0.1, 0.15) is 53.9 Å². The molecule has 8 nitrogen and oxygen atoms in total. The molecule has 2 N–H and O–H groups in total. The van der Waals surface area contributed by atoms with E-state index in [9.17, 15) is 14.7 Å². The zero-order valence-corrected chi connectivity index (χ0v) is 20.9. The van der Waals surface area contributed by atoms with Gasteiger partial charge in [-0.2, -0.15) is 0 Å². The topological polar surface area (TPSA) is 107 Å². The van der Waals surface area contributed by atoms with Crippen LogP contribution < -0.4 is 5.32 Å². The van der Waals surface area contributed by atoms with Crippen LogP contribution in [0.25, 0.3) is 0 Å². The summed E-state index contributed by atoms with van der Waals surface area (Å²) in [6.45, 7) is 10.4. The summed E-state index contributed by atoms with van der Waals surface area (Å²) in [6, 6.07) is -0.0840. The van der Waals surface area contributed by atoms with E-state index in [-0.39, 0.29) is 42.1 Å². The summed E-state index contributed by atoms with van der Waals surface area (Å²) in [6.07, 6.45) is 9.85. The van der Waals surface area contributed by atoms with Crippen molar-refractivity contribution in [3.05, 3.63) is 36.0 Å². The third kappa shape index (κ3) is 7.25. The zero-order valence-electron chi connectivity index (χ0n) is 20.9. The number of rotatable bonds is 8. The average Bonchev–Trinajstić information content (AvgIpc) is 3.54. The molecule has 0 aromatic heterocycles. The van der Waals surface area contributed by atoms with Gasteiger partial charge in [-0.05, 0) is 45.6 Å². The van der Waals surface area contributed by atoms with Gasteiger partial charge in [0.25, 0.3) is 0 Å². The minimum Gasteiger partial charge on any atom is -0.459 e. The summed E-state index contributed by atoms with van der Waals surface area (Å²) in [5.74, 6) is -0.335. The van der Waals surface area contributed by atoms with E-state index >= 15 is 0 Å². The number of hydrogen-bond acceptors (Lipinski definition) is 7. The summed E-state index contributed by atoms with van der Waals surface area (Å²) >= 11 is 0. The van der Waals surface area contributed by atoms with Crippen LogP contribution in [-0.4, -0.2) is 72.4 Å². The van der Waals surface area contributed by atoms with Gasteiger partial charge in [-0.25, -0.2) is 0 Å². The highest BCUT2D eigenvalue weighted by Crippen LogP contribution is 2.40. The second kappa shape index (κ2) is 11.6. The Balaban J connectivity index is 1.45. The van der Waals surface area contributed by atoms with Crippen LogP contribution in [-0.2, 0) is 28.5 Å². The van der Waals surface area contributed by atoms with Gasteiger partial charge in [-0.15, -0.1) is 0 Å². The minimum absolute atomic E-state index is 0.0608. The first-order valence-corrected chi connectivity index (χ1v) is 12.2. The molecule has 34 heavy (non-hydrogen) atoms. The molecular weight excluding hydrogens is 438 g/mol. The van der Waals surface area contributed by atoms with Gasteiger partial charge in [0.15, 0.2) is 0 Å². The van der Waals surface area contributed by atoms with Crippen LogP contribution in [0.3, 0.4) is 0 Å². The van der Waals surface area contributed by atoms with Crippen molar-refractivity contribution in [2.45, 2.75) is 96.0 Å². The van der Waals surface area contributed by atoms with E-state index in [0.29, 0.717) is 13.2 Å². The molecule has 3 aliphatic rings. The molecule has 0 aromatic rings. The molecule has 0 aromatic carbocycles. The van der Waals surface area contributed by atoms with E-state index in [0.717, 1.165) is 24.8 Å². The number of aliphatic hydroxyl groups is 1. The van der Waals surface area contributed by atoms with Gasteiger partial charge in [-0.1, -0.05) is 30.7 Å². The Morgan fingerprint density at radius 2 is 2.00 bits per heavy atom. The summed E-state index contributed by atoms with van der Waals surface area (Å²) in [7, 11) is 0. The Morgan fingerprint density at radius 1 is 1.26 bits per heavy atom. The molecule has 3 saturated heterocycles. The van der Waals surface area contributed by atoms with Gasteiger partial charge >= 0.3 is 5.97 Å². The molecular formula is C26H39NO7. The van der Waals surface area contributed by atoms with E-state index in [1.165, 1.54) is 13.0 Å². The van der Waals surface area contributed by atoms with Crippen molar-refractivity contribution >= 4 is 11.9 Å². The van der Waals surface area contributed by atoms with Gasteiger partial charge in [0, 0.05) is 19.4 Å². The first-order chi connectivity index (χ1) is 16.1. The SMILES string of the molecule is CC(=O)OC(C)/C=C\C(=O)N[C@@H]1C[C@H](C)[C@H](C/C=C(C)/C=C/C2OCCC3(CO3)C2O)O[C@@H]1C. The maximum atomic E-state index is 12.3. The van der Waals surface area contributed by atoms with Crippen LogP contribution in [0.5, 0.6) is 0 Å². The minimum atomic E-state index is -0.625. The molecule has 3 fully saturated rings. The number of carbonyl (C=O) groups is 2. The molecule has 1 amide bonds. The van der Waals surface area contributed by atoms with Gasteiger partial charge < -0.3 is 29.4 Å². The standard InChI is InChI=1S/C26H39NO7/c1-16(7-10-23-25(30)26(15-32-26)12-13-31-23)6-9-22-17(2)14-21(19(4)34-22)27-24(29)11-8-18(3)33-20(5)28/h6-8,10-11,17-19,21-23,25,30H,9,12-15H2,1-5H3,(H,27,29)/b10-7+,11-8-,16-6+/t17-,18?,19+,21+,22-,23?,25?,26?/m0/s1. The monoisotopic (exact) mass is 477 g/mol. The fourth-order valence-corrected chi connectivity index (χ4v) is 4.56. The van der Waals surface area contributed by atoms with E-state index in [2.05, 4.69) is 18.3 Å². The molecule has 8 atom stereocenters. The second-order valence-corrected chi connectivity index (χ2v) is 9.81. The quantitative estimate of drug-likeness (QED) is 0.240. The average molecular weight is 478 g/mol. The van der Waals surface area contributed by atoms with Crippen molar-refractivity contribution in [1.82, 2.24) is 5.32 Å². The number of aliphatic hydroxyl groups excluding tert-OH is 1. The highest BCUT2D eigenvalue weighted by Gasteiger charge is 2.55. The first-order valence-electron chi connectivity index (χ1n) is 12.2. The van der Waals surface area contributed by atoms with Crippen molar-refractivity contribution in [2.24, 2.45) is 5.92 Å². The second-order valence-electron chi connectivity index (χ2n) is 9.81. The van der Waals surface area contributed by atoms with Crippen molar-refractivity contribution in [3.8, 4) is 0 Å². The van der Waals surface area contributed by atoms with Crippen LogP contribution in [0, 0.1) is 5.92 Å². The zero-order chi connectivity index (χ0) is 24.9. The Bertz CT molecular complexity index is 816. The van der Waals surface area contributed by atoms with Crippen molar-refractivity contribution < 1.29 is 33.6 Å². The lowest BCUT2D eigenvalue weighted by Crippen LogP contribution is -2.50. The Hall–Kier alpha value is -2.00. The highest BCUT2D eigenvalue weighted by atomic mass is 16.6. The molecule has 4 unspecified atom stereocenters. The fourth-order valence-electron chi connectivity index (χ4n) is 4.56. The van der Waals surface area contributed by atoms with E-state index in [1.54, 1.807) is 13.0 Å². The summed E-state index contributed by atoms with van der Waals surface area (Å²) < 4.78 is 22.4. The maximum absolute atomic E-state index is 12.3. The summed E-state index contributed by atoms with van der Waals surface area (Å²) in [4.78, 5) is 23.2. The summed E-state index contributed by atoms with van der Waals surface area (Å²) in [5, 5.41) is 13.5. The molecule has 0 aliphatic carbocycles. The van der Waals surface area contributed by atoms with Crippen LogP contribution in [0.4, 0.5) is 0 Å². The number of esters is 1. The van der Waals surface area contributed by atoms with Crippen molar-refractivity contribution in [1.29, 1.82) is 0 Å². The van der Waals surface area contributed by atoms with E-state index in [1.807, 2.05) is 26.0 Å². The van der Waals surface area contributed by atoms with E-state index < -0.39 is 17.8 Å². The lowest BCUT2D eigenvalue weighted by Gasteiger charge is -2.39.